The molecule has 0 saturated heterocycles. The van der Waals surface area contributed by atoms with Crippen LogP contribution in [0.3, 0.4) is 0 Å². The molecule has 0 bridgehead atoms. The van der Waals surface area contributed by atoms with Crippen molar-refractivity contribution < 1.29 is 0 Å². The van der Waals surface area contributed by atoms with Gasteiger partial charge in [0.15, 0.2) is 5.65 Å². The van der Waals surface area contributed by atoms with E-state index in [0.29, 0.717) is 5.95 Å². The number of hydrogen-bond donors (Lipinski definition) is 1. The topological polar surface area (TPSA) is 42.2 Å². The number of hydrogen-bond acceptors (Lipinski definition) is 4. The zero-order chi connectivity index (χ0) is 11.6. The van der Waals surface area contributed by atoms with Gasteiger partial charge >= 0.3 is 0 Å². The summed E-state index contributed by atoms with van der Waals surface area (Å²) in [6.07, 6.45) is 4.01. The fraction of sp³-hybridized carbons (Fsp3) is 0.455. The zero-order valence-electron chi connectivity index (χ0n) is 9.77. The predicted molar refractivity (Wildman–Crippen MR) is 69.1 cm³/mol. The van der Waals surface area contributed by atoms with Gasteiger partial charge < -0.3 is 5.32 Å². The first-order valence-corrected chi connectivity index (χ1v) is 6.44. The van der Waals surface area contributed by atoms with Crippen molar-refractivity contribution in [3.05, 3.63) is 24.4 Å². The van der Waals surface area contributed by atoms with Gasteiger partial charge in [-0.2, -0.15) is 16.7 Å². The number of rotatable bonds is 4. The van der Waals surface area contributed by atoms with Gasteiger partial charge in [-0.1, -0.05) is 6.07 Å². The Balaban J connectivity index is 2.10. The van der Waals surface area contributed by atoms with E-state index in [4.69, 9.17) is 0 Å². The van der Waals surface area contributed by atoms with E-state index < -0.39 is 0 Å². The molecular formula is C11H16N4S. The van der Waals surface area contributed by atoms with E-state index in [9.17, 15) is 0 Å². The zero-order valence-corrected chi connectivity index (χ0v) is 10.6. The summed E-state index contributed by atoms with van der Waals surface area (Å²) in [5.41, 5.74) is 0.868. The van der Waals surface area contributed by atoms with Crippen LogP contribution in [0.15, 0.2) is 24.4 Å². The minimum atomic E-state index is 0.192. The van der Waals surface area contributed by atoms with Crippen LogP contribution >= 0.6 is 11.8 Å². The Hall–Kier alpha value is -1.23. The SMILES string of the molecule is CSC(C)(C)CNc1nc2ccccn2n1. The summed E-state index contributed by atoms with van der Waals surface area (Å²) in [4.78, 5) is 4.38. The van der Waals surface area contributed by atoms with Crippen LogP contribution < -0.4 is 5.32 Å². The number of thioether (sulfide) groups is 1. The minimum Gasteiger partial charge on any atom is -0.352 e. The maximum atomic E-state index is 4.38. The third-order valence-electron chi connectivity index (χ3n) is 2.47. The van der Waals surface area contributed by atoms with Gasteiger partial charge in [-0.25, -0.2) is 4.52 Å². The molecule has 0 unspecified atom stereocenters. The number of fused-ring (bicyclic) bond motifs is 1. The number of nitrogens with one attached hydrogen (secondary N) is 1. The standard InChI is InChI=1S/C11H16N4S/c1-11(2,16-3)8-12-10-13-9-6-4-5-7-15(9)14-10/h4-7H,8H2,1-3H3,(H,12,14). The molecule has 2 aromatic heterocycles. The molecule has 0 fully saturated rings. The van der Waals surface area contributed by atoms with E-state index in [1.54, 1.807) is 4.52 Å². The number of anilines is 1. The Morgan fingerprint density at radius 3 is 2.94 bits per heavy atom. The summed E-state index contributed by atoms with van der Waals surface area (Å²) in [5, 5.41) is 7.60. The van der Waals surface area contributed by atoms with Gasteiger partial charge in [0.05, 0.1) is 0 Å². The predicted octanol–water partition coefficient (Wildman–Crippen LogP) is 2.28. The molecule has 0 amide bonds. The summed E-state index contributed by atoms with van der Waals surface area (Å²) in [7, 11) is 0. The van der Waals surface area contributed by atoms with E-state index in [2.05, 4.69) is 35.5 Å². The van der Waals surface area contributed by atoms with Crippen molar-refractivity contribution in [3.63, 3.8) is 0 Å². The van der Waals surface area contributed by atoms with E-state index in [1.165, 1.54) is 0 Å². The van der Waals surface area contributed by atoms with Crippen LogP contribution in [0.1, 0.15) is 13.8 Å². The van der Waals surface area contributed by atoms with Crippen LogP contribution in [0.4, 0.5) is 5.95 Å². The van der Waals surface area contributed by atoms with Crippen molar-refractivity contribution in [1.29, 1.82) is 0 Å². The van der Waals surface area contributed by atoms with E-state index in [1.807, 2.05) is 36.2 Å². The van der Waals surface area contributed by atoms with Crippen LogP contribution in [0.25, 0.3) is 5.65 Å². The second-order valence-electron chi connectivity index (χ2n) is 4.26. The Bertz CT molecular complexity index is 445. The first-order chi connectivity index (χ1) is 7.61. The maximum Gasteiger partial charge on any atom is 0.243 e. The first-order valence-electron chi connectivity index (χ1n) is 5.21. The lowest BCUT2D eigenvalue weighted by Crippen LogP contribution is -2.26. The molecule has 0 spiro atoms. The Kier molecular flexibility index (Phi) is 3.05. The van der Waals surface area contributed by atoms with Gasteiger partial charge in [0, 0.05) is 17.5 Å². The molecule has 0 aliphatic heterocycles. The highest BCUT2D eigenvalue weighted by Gasteiger charge is 2.16. The molecule has 0 atom stereocenters. The highest BCUT2D eigenvalue weighted by molar-refractivity contribution is 7.99. The quantitative estimate of drug-likeness (QED) is 0.884. The first kappa shape index (κ1) is 11.3. The average molecular weight is 236 g/mol. The molecule has 0 aromatic carbocycles. The normalized spacial score (nSPS) is 11.9. The summed E-state index contributed by atoms with van der Waals surface area (Å²) < 4.78 is 1.96. The maximum absolute atomic E-state index is 4.38. The van der Waals surface area contributed by atoms with Crippen LogP contribution in [-0.4, -0.2) is 32.1 Å². The van der Waals surface area contributed by atoms with Gasteiger partial charge in [-0.3, -0.25) is 0 Å². The molecule has 4 nitrogen and oxygen atoms in total. The van der Waals surface area contributed by atoms with Gasteiger partial charge in [-0.05, 0) is 32.2 Å². The third kappa shape index (κ3) is 2.47. The molecule has 5 heteroatoms. The number of pyridine rings is 1. The average Bonchev–Trinajstić information content (AvgIpc) is 2.69. The van der Waals surface area contributed by atoms with Gasteiger partial charge in [0.1, 0.15) is 0 Å². The van der Waals surface area contributed by atoms with E-state index in [0.717, 1.165) is 12.2 Å². The lowest BCUT2D eigenvalue weighted by Gasteiger charge is -2.21. The molecule has 0 radical (unpaired) electrons. The lowest BCUT2D eigenvalue weighted by atomic mass is 10.2. The Morgan fingerprint density at radius 2 is 2.25 bits per heavy atom. The van der Waals surface area contributed by atoms with Crippen LogP contribution in [0.2, 0.25) is 0 Å². The number of aromatic nitrogens is 3. The minimum absolute atomic E-state index is 0.192. The molecule has 0 aliphatic rings. The van der Waals surface area contributed by atoms with Crippen molar-refractivity contribution in [2.45, 2.75) is 18.6 Å². The Morgan fingerprint density at radius 1 is 1.44 bits per heavy atom. The summed E-state index contributed by atoms with van der Waals surface area (Å²) in [5.74, 6) is 0.688. The van der Waals surface area contributed by atoms with Crippen LogP contribution in [0.5, 0.6) is 0 Å². The van der Waals surface area contributed by atoms with E-state index in [-0.39, 0.29) is 4.75 Å². The second kappa shape index (κ2) is 4.33. The van der Waals surface area contributed by atoms with Crippen LogP contribution in [0, 0.1) is 0 Å². The monoisotopic (exact) mass is 236 g/mol. The third-order valence-corrected chi connectivity index (χ3v) is 3.72. The molecular weight excluding hydrogens is 220 g/mol. The largest absolute Gasteiger partial charge is 0.352 e. The second-order valence-corrected chi connectivity index (χ2v) is 5.77. The molecule has 0 aliphatic carbocycles. The molecule has 16 heavy (non-hydrogen) atoms. The fourth-order valence-corrected chi connectivity index (χ4v) is 1.49. The van der Waals surface area contributed by atoms with Gasteiger partial charge in [0.25, 0.3) is 0 Å². The highest BCUT2D eigenvalue weighted by Crippen LogP contribution is 2.21. The van der Waals surface area contributed by atoms with Crippen molar-refractivity contribution in [2.75, 3.05) is 18.1 Å². The molecule has 2 aromatic rings. The van der Waals surface area contributed by atoms with Crippen molar-refractivity contribution in [2.24, 2.45) is 0 Å². The van der Waals surface area contributed by atoms with Gasteiger partial charge in [-0.15, -0.1) is 5.10 Å². The lowest BCUT2D eigenvalue weighted by molar-refractivity contribution is 0.746. The summed E-state index contributed by atoms with van der Waals surface area (Å²) in [6.45, 7) is 5.24. The van der Waals surface area contributed by atoms with Crippen molar-refractivity contribution in [1.82, 2.24) is 14.6 Å². The van der Waals surface area contributed by atoms with E-state index >= 15 is 0 Å². The fourth-order valence-electron chi connectivity index (χ4n) is 1.27. The van der Waals surface area contributed by atoms with Crippen LogP contribution in [-0.2, 0) is 0 Å². The summed E-state index contributed by atoms with van der Waals surface area (Å²) >= 11 is 1.83. The van der Waals surface area contributed by atoms with Crippen molar-refractivity contribution in [3.8, 4) is 0 Å². The van der Waals surface area contributed by atoms with Gasteiger partial charge in [0.2, 0.25) is 5.95 Å². The summed E-state index contributed by atoms with van der Waals surface area (Å²) in [6, 6.07) is 5.84. The molecule has 86 valence electrons. The molecule has 0 saturated carbocycles. The smallest absolute Gasteiger partial charge is 0.243 e. The highest BCUT2D eigenvalue weighted by atomic mass is 32.2. The molecule has 1 N–H and O–H groups in total. The molecule has 2 heterocycles. The van der Waals surface area contributed by atoms with Crippen molar-refractivity contribution >= 4 is 23.4 Å². The number of nitrogens with zero attached hydrogens (tertiary/aromatic N) is 3. The molecule has 2 rings (SSSR count). The Labute approximate surface area is 99.5 Å².